The van der Waals surface area contributed by atoms with Gasteiger partial charge < -0.3 is 4.42 Å². The molecule has 10 rings (SSSR count). The first-order chi connectivity index (χ1) is 25.2. The minimum Gasteiger partial charge on any atom is -0.434 e. The largest absolute Gasteiger partial charge is 0.434 e. The van der Waals surface area contributed by atoms with Crippen molar-refractivity contribution in [2.24, 2.45) is 0 Å². The molecule has 0 unspecified atom stereocenters. The van der Waals surface area contributed by atoms with Crippen LogP contribution in [-0.2, 0) is 0 Å². The molecule has 7 nitrogen and oxygen atoms in total. The van der Waals surface area contributed by atoms with E-state index in [0.717, 1.165) is 55.4 Å². The number of rotatable bonds is 5. The van der Waals surface area contributed by atoms with E-state index in [4.69, 9.17) is 24.4 Å². The smallest absolute Gasteiger partial charge is 0.229 e. The van der Waals surface area contributed by atoms with Gasteiger partial charge in [-0.15, -0.1) is 0 Å². The van der Waals surface area contributed by atoms with Crippen molar-refractivity contribution in [1.29, 1.82) is 0 Å². The molecule has 10 aromatic rings. The highest BCUT2D eigenvalue weighted by atomic mass is 16.3. The van der Waals surface area contributed by atoms with E-state index in [9.17, 15) is 0 Å². The Balaban J connectivity index is 1.02. The van der Waals surface area contributed by atoms with Crippen LogP contribution in [-0.4, -0.2) is 29.9 Å². The summed E-state index contributed by atoms with van der Waals surface area (Å²) in [5.41, 5.74) is 8.26. The number of furan rings is 1. The van der Waals surface area contributed by atoms with Crippen molar-refractivity contribution in [2.45, 2.75) is 0 Å². The molecule has 6 aromatic carbocycles. The average molecular weight is 655 g/mol. The minimum atomic E-state index is 0.519. The summed E-state index contributed by atoms with van der Waals surface area (Å²) < 4.78 is 6.32. The van der Waals surface area contributed by atoms with E-state index in [1.165, 1.54) is 16.2 Å². The Kier molecular flexibility index (Phi) is 6.67. The zero-order valence-electron chi connectivity index (χ0n) is 27.1. The molecule has 0 N–H and O–H groups in total. The molecule has 0 aliphatic carbocycles. The highest BCUT2D eigenvalue weighted by Crippen LogP contribution is 2.36. The molecule has 0 atom stereocenters. The number of nitrogens with zero attached hydrogens (tertiary/aromatic N) is 6. The standard InChI is InChI=1S/C44H26N6O/c1-3-9-28(10-4-1)41-48-42(29-11-5-2-6-12-29)50-43(49-41)30-17-15-27(16-18-30)36-24-37-39-40(51-44(37)45-25-36)38(46-26-47-39)34-20-19-33-21-31-13-7-8-14-32(31)22-35(33)23-34/h1-26H. The molecule has 0 fully saturated rings. The topological polar surface area (TPSA) is 90.5 Å². The Morgan fingerprint density at radius 1 is 0.392 bits per heavy atom. The van der Waals surface area contributed by atoms with Gasteiger partial charge in [0.05, 0.1) is 5.39 Å². The number of pyridine rings is 1. The quantitative estimate of drug-likeness (QED) is 0.171. The highest BCUT2D eigenvalue weighted by Gasteiger charge is 2.18. The van der Waals surface area contributed by atoms with Crippen molar-refractivity contribution in [1.82, 2.24) is 29.9 Å². The number of aromatic nitrogens is 6. The molecular formula is C44H26N6O. The number of hydrogen-bond acceptors (Lipinski definition) is 7. The van der Waals surface area contributed by atoms with Crippen LogP contribution in [0.25, 0.3) is 100 Å². The van der Waals surface area contributed by atoms with E-state index in [-0.39, 0.29) is 0 Å². The van der Waals surface area contributed by atoms with E-state index in [1.807, 2.05) is 79.0 Å². The zero-order chi connectivity index (χ0) is 33.7. The van der Waals surface area contributed by atoms with Gasteiger partial charge in [0.15, 0.2) is 23.1 Å². The van der Waals surface area contributed by atoms with E-state index in [0.29, 0.717) is 28.8 Å². The molecule has 0 spiro atoms. The lowest BCUT2D eigenvalue weighted by atomic mass is 10.0. The fraction of sp³-hybridized carbons (Fsp3) is 0. The third-order valence-corrected chi connectivity index (χ3v) is 9.26. The maximum absolute atomic E-state index is 6.32. The van der Waals surface area contributed by atoms with E-state index < -0.39 is 0 Å². The molecule has 51 heavy (non-hydrogen) atoms. The summed E-state index contributed by atoms with van der Waals surface area (Å²) in [6, 6.07) is 49.5. The third-order valence-electron chi connectivity index (χ3n) is 9.26. The first kappa shape index (κ1) is 28.9. The van der Waals surface area contributed by atoms with Crippen LogP contribution < -0.4 is 0 Å². The van der Waals surface area contributed by atoms with Crippen LogP contribution in [0.2, 0.25) is 0 Å². The van der Waals surface area contributed by atoms with Crippen molar-refractivity contribution in [2.75, 3.05) is 0 Å². The van der Waals surface area contributed by atoms with Gasteiger partial charge in [-0.3, -0.25) is 0 Å². The van der Waals surface area contributed by atoms with Crippen LogP contribution in [0.3, 0.4) is 0 Å². The molecular weight excluding hydrogens is 629 g/mol. The SMILES string of the molecule is c1ccc(-c2nc(-c3ccccc3)nc(-c3ccc(-c4cnc5oc6c(-c7ccc8cc9ccccc9cc8c7)ncnc6c5c4)cc3)n2)cc1. The monoisotopic (exact) mass is 654 g/mol. The summed E-state index contributed by atoms with van der Waals surface area (Å²) in [5.74, 6) is 1.86. The Morgan fingerprint density at radius 3 is 1.61 bits per heavy atom. The summed E-state index contributed by atoms with van der Waals surface area (Å²) in [4.78, 5) is 28.6. The lowest BCUT2D eigenvalue weighted by Crippen LogP contribution is -2.00. The summed E-state index contributed by atoms with van der Waals surface area (Å²) in [6.45, 7) is 0. The summed E-state index contributed by atoms with van der Waals surface area (Å²) in [7, 11) is 0. The van der Waals surface area contributed by atoms with Crippen LogP contribution in [0, 0.1) is 0 Å². The molecule has 0 radical (unpaired) electrons. The first-order valence-corrected chi connectivity index (χ1v) is 16.7. The molecule has 7 heteroatoms. The minimum absolute atomic E-state index is 0.519. The fourth-order valence-corrected chi connectivity index (χ4v) is 6.66. The van der Waals surface area contributed by atoms with Crippen molar-refractivity contribution in [3.8, 4) is 56.5 Å². The van der Waals surface area contributed by atoms with Crippen molar-refractivity contribution in [3.63, 3.8) is 0 Å². The van der Waals surface area contributed by atoms with Gasteiger partial charge in [-0.2, -0.15) is 0 Å². The maximum Gasteiger partial charge on any atom is 0.229 e. The number of hydrogen-bond donors (Lipinski definition) is 0. The van der Waals surface area contributed by atoms with Crippen LogP contribution >= 0.6 is 0 Å². The second kappa shape index (κ2) is 11.8. The zero-order valence-corrected chi connectivity index (χ0v) is 27.1. The van der Waals surface area contributed by atoms with Gasteiger partial charge in [-0.25, -0.2) is 29.9 Å². The summed E-state index contributed by atoms with van der Waals surface area (Å²) >= 11 is 0. The second-order valence-electron chi connectivity index (χ2n) is 12.5. The first-order valence-electron chi connectivity index (χ1n) is 16.7. The Morgan fingerprint density at radius 2 is 0.941 bits per heavy atom. The average Bonchev–Trinajstić information content (AvgIpc) is 3.59. The number of fused-ring (bicyclic) bond motifs is 5. The lowest BCUT2D eigenvalue weighted by molar-refractivity contribution is 0.652. The van der Waals surface area contributed by atoms with Crippen LogP contribution in [0.5, 0.6) is 0 Å². The van der Waals surface area contributed by atoms with Crippen LogP contribution in [0.15, 0.2) is 163 Å². The summed E-state index contributed by atoms with van der Waals surface area (Å²) in [6.07, 6.45) is 3.43. The molecule has 0 aliphatic rings. The Hall–Kier alpha value is -7.12. The van der Waals surface area contributed by atoms with E-state index in [1.54, 1.807) is 6.33 Å². The summed E-state index contributed by atoms with van der Waals surface area (Å²) in [5, 5.41) is 5.57. The van der Waals surface area contributed by atoms with Gasteiger partial charge >= 0.3 is 0 Å². The van der Waals surface area contributed by atoms with Gasteiger partial charge in [-0.05, 0) is 51.4 Å². The second-order valence-corrected chi connectivity index (χ2v) is 12.5. The van der Waals surface area contributed by atoms with Crippen molar-refractivity contribution in [3.05, 3.63) is 158 Å². The predicted octanol–water partition coefficient (Wildman–Crippen LogP) is 10.6. The third kappa shape index (κ3) is 5.16. The normalized spacial score (nSPS) is 11.5. The Bertz CT molecular complexity index is 2850. The molecule has 4 aromatic heterocycles. The Labute approximate surface area is 292 Å². The van der Waals surface area contributed by atoms with Crippen LogP contribution in [0.4, 0.5) is 0 Å². The lowest BCUT2D eigenvalue weighted by Gasteiger charge is -2.09. The molecule has 0 saturated heterocycles. The molecule has 0 amide bonds. The van der Waals surface area contributed by atoms with Gasteiger partial charge in [0, 0.05) is 34.0 Å². The molecule has 238 valence electrons. The van der Waals surface area contributed by atoms with Gasteiger partial charge in [0.1, 0.15) is 17.5 Å². The number of benzene rings is 6. The van der Waals surface area contributed by atoms with Gasteiger partial charge in [0.25, 0.3) is 0 Å². The molecule has 4 heterocycles. The van der Waals surface area contributed by atoms with E-state index in [2.05, 4.69) is 82.8 Å². The predicted molar refractivity (Wildman–Crippen MR) is 203 cm³/mol. The van der Waals surface area contributed by atoms with Crippen LogP contribution in [0.1, 0.15) is 0 Å². The molecule has 0 saturated carbocycles. The maximum atomic E-state index is 6.32. The van der Waals surface area contributed by atoms with E-state index >= 15 is 0 Å². The molecule has 0 aliphatic heterocycles. The van der Waals surface area contributed by atoms with Gasteiger partial charge in [-0.1, -0.05) is 121 Å². The molecule has 0 bridgehead atoms. The van der Waals surface area contributed by atoms with Crippen molar-refractivity contribution < 1.29 is 4.42 Å². The van der Waals surface area contributed by atoms with Crippen molar-refractivity contribution >= 4 is 43.7 Å². The van der Waals surface area contributed by atoms with Gasteiger partial charge in [0.2, 0.25) is 5.71 Å². The highest BCUT2D eigenvalue weighted by molar-refractivity contribution is 6.07. The fourth-order valence-electron chi connectivity index (χ4n) is 6.66.